The van der Waals surface area contributed by atoms with Gasteiger partial charge in [-0.15, -0.1) is 0 Å². The second-order valence-electron chi connectivity index (χ2n) is 6.13. The minimum Gasteiger partial charge on any atom is -0.366 e. The molecule has 2 nitrogen and oxygen atoms in total. The van der Waals surface area contributed by atoms with Crippen LogP contribution in [0.4, 0.5) is 10.1 Å². The lowest BCUT2D eigenvalue weighted by Gasteiger charge is -2.13. The van der Waals surface area contributed by atoms with E-state index in [4.69, 9.17) is 0 Å². The highest BCUT2D eigenvalue weighted by Crippen LogP contribution is 2.25. The maximum absolute atomic E-state index is 13.2. The molecule has 0 saturated heterocycles. The van der Waals surface area contributed by atoms with Gasteiger partial charge in [0, 0.05) is 13.6 Å². The van der Waals surface area contributed by atoms with Crippen molar-refractivity contribution in [3.63, 3.8) is 0 Å². The van der Waals surface area contributed by atoms with Crippen molar-refractivity contribution in [1.82, 2.24) is 4.90 Å². The van der Waals surface area contributed by atoms with Crippen molar-refractivity contribution in [3.05, 3.63) is 64.0 Å². The molecule has 0 atom stereocenters. The Kier molecular flexibility index (Phi) is 5.54. The van der Waals surface area contributed by atoms with Gasteiger partial charge in [0.2, 0.25) is 0 Å². The summed E-state index contributed by atoms with van der Waals surface area (Å²) < 4.78 is 13.2. The van der Waals surface area contributed by atoms with E-state index in [9.17, 15) is 4.39 Å². The van der Waals surface area contributed by atoms with E-state index >= 15 is 0 Å². The molecule has 3 heteroatoms. The summed E-state index contributed by atoms with van der Waals surface area (Å²) in [6, 6.07) is 9.32. The van der Waals surface area contributed by atoms with Crippen LogP contribution in [-0.4, -0.2) is 24.8 Å². The summed E-state index contributed by atoms with van der Waals surface area (Å²) in [5.41, 5.74) is 6.80. The third-order valence-electron chi connectivity index (χ3n) is 4.23. The molecule has 2 rings (SSSR count). The van der Waals surface area contributed by atoms with Crippen LogP contribution >= 0.6 is 0 Å². The minimum absolute atomic E-state index is 0.177. The number of aryl methyl sites for hydroxylation is 3. The second kappa shape index (κ2) is 7.40. The van der Waals surface area contributed by atoms with Gasteiger partial charge in [-0.1, -0.05) is 12.1 Å². The predicted octanol–water partition coefficient (Wildman–Crippen LogP) is 4.95. The van der Waals surface area contributed by atoms with Gasteiger partial charge < -0.3 is 4.90 Å². The molecule has 2 aromatic rings. The van der Waals surface area contributed by atoms with E-state index in [-0.39, 0.29) is 5.82 Å². The Hall–Kier alpha value is -2.16. The van der Waals surface area contributed by atoms with E-state index in [1.165, 1.54) is 17.2 Å². The molecule has 0 heterocycles. The summed E-state index contributed by atoms with van der Waals surface area (Å²) >= 11 is 0. The van der Waals surface area contributed by atoms with Crippen LogP contribution in [0.15, 0.2) is 35.3 Å². The Morgan fingerprint density at radius 2 is 1.70 bits per heavy atom. The molecule has 0 aliphatic rings. The Morgan fingerprint density at radius 1 is 1.00 bits per heavy atom. The van der Waals surface area contributed by atoms with Gasteiger partial charge in [0.1, 0.15) is 5.82 Å². The highest BCUT2D eigenvalue weighted by molar-refractivity contribution is 5.64. The monoisotopic (exact) mass is 312 g/mol. The quantitative estimate of drug-likeness (QED) is 0.563. The lowest BCUT2D eigenvalue weighted by molar-refractivity contribution is 0.552. The van der Waals surface area contributed by atoms with E-state index in [1.807, 2.05) is 31.3 Å². The van der Waals surface area contributed by atoms with E-state index < -0.39 is 0 Å². The summed E-state index contributed by atoms with van der Waals surface area (Å²) in [6.07, 6.45) is 2.68. The number of hydrogen-bond donors (Lipinski definition) is 0. The first-order chi connectivity index (χ1) is 10.9. The third kappa shape index (κ3) is 4.41. The van der Waals surface area contributed by atoms with Gasteiger partial charge in [0.05, 0.1) is 12.0 Å². The summed E-state index contributed by atoms with van der Waals surface area (Å²) in [4.78, 5) is 6.61. The summed E-state index contributed by atoms with van der Waals surface area (Å²) in [5.74, 6) is -0.177. The SMILES string of the molecule is CCN(C)/C=N/c1cc(C)c(Cc2ccc(F)cc2C)cc1C. The van der Waals surface area contributed by atoms with Crippen LogP contribution < -0.4 is 0 Å². The minimum atomic E-state index is -0.177. The van der Waals surface area contributed by atoms with E-state index in [0.29, 0.717) is 0 Å². The summed E-state index contributed by atoms with van der Waals surface area (Å²) in [5, 5.41) is 0. The Balaban J connectivity index is 2.27. The zero-order valence-corrected chi connectivity index (χ0v) is 14.7. The van der Waals surface area contributed by atoms with Crippen molar-refractivity contribution >= 4 is 12.0 Å². The molecular formula is C20H25FN2. The normalized spacial score (nSPS) is 11.2. The Labute approximate surface area is 138 Å². The van der Waals surface area contributed by atoms with Crippen molar-refractivity contribution in [2.45, 2.75) is 34.1 Å². The molecule has 0 unspecified atom stereocenters. The van der Waals surface area contributed by atoms with E-state index in [1.54, 1.807) is 6.07 Å². The number of hydrogen-bond acceptors (Lipinski definition) is 1. The van der Waals surface area contributed by atoms with Crippen molar-refractivity contribution in [2.75, 3.05) is 13.6 Å². The van der Waals surface area contributed by atoms with E-state index in [0.717, 1.165) is 35.3 Å². The molecule has 0 aliphatic heterocycles. The fourth-order valence-corrected chi connectivity index (χ4v) is 2.50. The fourth-order valence-electron chi connectivity index (χ4n) is 2.50. The summed E-state index contributed by atoms with van der Waals surface area (Å²) in [6.45, 7) is 9.18. The summed E-state index contributed by atoms with van der Waals surface area (Å²) in [7, 11) is 2.01. The maximum Gasteiger partial charge on any atom is 0.123 e. The van der Waals surface area contributed by atoms with Crippen LogP contribution in [0.3, 0.4) is 0 Å². The van der Waals surface area contributed by atoms with Gasteiger partial charge >= 0.3 is 0 Å². The lowest BCUT2D eigenvalue weighted by Crippen LogP contribution is -2.14. The van der Waals surface area contributed by atoms with Gasteiger partial charge in [0.15, 0.2) is 0 Å². The van der Waals surface area contributed by atoms with Gasteiger partial charge in [-0.2, -0.15) is 0 Å². The average molecular weight is 312 g/mol. The number of halogens is 1. The number of aliphatic imine (C=N–C) groups is 1. The van der Waals surface area contributed by atoms with Crippen molar-refractivity contribution in [2.24, 2.45) is 4.99 Å². The van der Waals surface area contributed by atoms with Crippen LogP contribution in [0.1, 0.15) is 34.7 Å². The predicted molar refractivity (Wildman–Crippen MR) is 96.3 cm³/mol. The lowest BCUT2D eigenvalue weighted by atomic mass is 9.95. The van der Waals surface area contributed by atoms with Crippen LogP contribution in [0.2, 0.25) is 0 Å². The fraction of sp³-hybridized carbons (Fsp3) is 0.350. The van der Waals surface area contributed by atoms with Crippen molar-refractivity contribution in [3.8, 4) is 0 Å². The van der Waals surface area contributed by atoms with Crippen LogP contribution in [0.5, 0.6) is 0 Å². The molecular weight excluding hydrogens is 287 g/mol. The molecule has 23 heavy (non-hydrogen) atoms. The van der Waals surface area contributed by atoms with Crippen molar-refractivity contribution in [1.29, 1.82) is 0 Å². The topological polar surface area (TPSA) is 15.6 Å². The zero-order chi connectivity index (χ0) is 17.0. The van der Waals surface area contributed by atoms with Crippen molar-refractivity contribution < 1.29 is 4.39 Å². The molecule has 0 bridgehead atoms. The standard InChI is InChI=1S/C20H25FN2/c1-6-23(5)13-22-20-11-15(3)18(9-16(20)4)12-17-7-8-19(21)10-14(17)2/h7-11,13H,6,12H2,1-5H3/b22-13+. The van der Waals surface area contributed by atoms with Gasteiger partial charge in [0.25, 0.3) is 0 Å². The largest absolute Gasteiger partial charge is 0.366 e. The molecule has 0 saturated carbocycles. The number of rotatable bonds is 5. The first-order valence-corrected chi connectivity index (χ1v) is 8.00. The maximum atomic E-state index is 13.2. The molecule has 0 aromatic heterocycles. The highest BCUT2D eigenvalue weighted by Gasteiger charge is 2.07. The molecule has 0 amide bonds. The van der Waals surface area contributed by atoms with Gasteiger partial charge in [-0.3, -0.25) is 0 Å². The first-order valence-electron chi connectivity index (χ1n) is 8.00. The third-order valence-corrected chi connectivity index (χ3v) is 4.23. The Morgan fingerprint density at radius 3 is 2.35 bits per heavy atom. The highest BCUT2D eigenvalue weighted by atomic mass is 19.1. The Bertz CT molecular complexity index is 720. The molecule has 0 spiro atoms. The molecule has 122 valence electrons. The zero-order valence-electron chi connectivity index (χ0n) is 14.7. The molecule has 0 radical (unpaired) electrons. The van der Waals surface area contributed by atoms with Gasteiger partial charge in [-0.05, 0) is 80.1 Å². The van der Waals surface area contributed by atoms with E-state index in [2.05, 4.69) is 37.9 Å². The molecule has 2 aromatic carbocycles. The van der Waals surface area contributed by atoms with Crippen LogP contribution in [0.25, 0.3) is 0 Å². The molecule has 0 aliphatic carbocycles. The first kappa shape index (κ1) is 17.2. The average Bonchev–Trinajstić information content (AvgIpc) is 2.51. The number of benzene rings is 2. The van der Waals surface area contributed by atoms with Crippen LogP contribution in [0, 0.1) is 26.6 Å². The van der Waals surface area contributed by atoms with Crippen LogP contribution in [-0.2, 0) is 6.42 Å². The van der Waals surface area contributed by atoms with Gasteiger partial charge in [-0.25, -0.2) is 9.38 Å². The second-order valence-corrected chi connectivity index (χ2v) is 6.13. The number of nitrogens with zero attached hydrogens (tertiary/aromatic N) is 2. The smallest absolute Gasteiger partial charge is 0.123 e. The molecule has 0 N–H and O–H groups in total. The molecule has 0 fully saturated rings.